The number of carbonyl (C=O) groups excluding carboxylic acids is 2. The summed E-state index contributed by atoms with van der Waals surface area (Å²) in [7, 11) is 2.74. The number of esters is 1. The molecule has 0 saturated heterocycles. The molecule has 9 heteroatoms. The third-order valence-corrected chi connectivity index (χ3v) is 3.27. The van der Waals surface area contributed by atoms with Gasteiger partial charge in [0.1, 0.15) is 17.1 Å². The van der Waals surface area contributed by atoms with Crippen molar-refractivity contribution in [2.45, 2.75) is 19.5 Å². The van der Waals surface area contributed by atoms with Crippen LogP contribution in [-0.4, -0.2) is 41.9 Å². The quantitative estimate of drug-likeness (QED) is 0.711. The lowest BCUT2D eigenvalue weighted by Crippen LogP contribution is -2.36. The van der Waals surface area contributed by atoms with Crippen molar-refractivity contribution < 1.29 is 14.3 Å². The van der Waals surface area contributed by atoms with Gasteiger partial charge in [-0.3, -0.25) is 14.4 Å². The molecule has 1 aromatic rings. The van der Waals surface area contributed by atoms with Crippen molar-refractivity contribution in [1.29, 1.82) is 0 Å². The van der Waals surface area contributed by atoms with Crippen LogP contribution in [0.2, 0.25) is 0 Å². The summed E-state index contributed by atoms with van der Waals surface area (Å²) >= 11 is 3.12. The highest BCUT2D eigenvalue weighted by molar-refractivity contribution is 9.10. The SMILES string of the molecule is CNC(=O)C(C)Nc1cnn(CC(=O)OC)c(=O)c1Br. The summed E-state index contributed by atoms with van der Waals surface area (Å²) < 4.78 is 5.62. The highest BCUT2D eigenvalue weighted by Gasteiger charge is 2.16. The fourth-order valence-electron chi connectivity index (χ4n) is 1.38. The largest absolute Gasteiger partial charge is 0.468 e. The molecule has 8 nitrogen and oxygen atoms in total. The first kappa shape index (κ1) is 16.2. The Kier molecular flexibility index (Phi) is 5.68. The maximum atomic E-state index is 12.0. The van der Waals surface area contributed by atoms with Gasteiger partial charge in [0.15, 0.2) is 0 Å². The number of hydrogen-bond donors (Lipinski definition) is 2. The number of ether oxygens (including phenoxy) is 1. The molecule has 1 amide bonds. The van der Waals surface area contributed by atoms with Crippen molar-refractivity contribution >= 4 is 33.5 Å². The Morgan fingerprint density at radius 2 is 2.20 bits per heavy atom. The fraction of sp³-hybridized carbons (Fsp3) is 0.455. The van der Waals surface area contributed by atoms with E-state index in [0.29, 0.717) is 5.69 Å². The number of aromatic nitrogens is 2. The summed E-state index contributed by atoms with van der Waals surface area (Å²) in [6.07, 6.45) is 1.36. The van der Waals surface area contributed by atoms with E-state index in [1.807, 2.05) is 0 Å². The summed E-state index contributed by atoms with van der Waals surface area (Å²) in [5.74, 6) is -0.804. The highest BCUT2D eigenvalue weighted by atomic mass is 79.9. The average Bonchev–Trinajstić information content (AvgIpc) is 2.45. The molecular formula is C11H15BrN4O4. The fourth-order valence-corrected chi connectivity index (χ4v) is 1.80. The molecule has 1 aromatic heterocycles. The molecule has 1 unspecified atom stereocenters. The lowest BCUT2D eigenvalue weighted by Gasteiger charge is -2.15. The van der Waals surface area contributed by atoms with Crippen molar-refractivity contribution in [2.24, 2.45) is 0 Å². The van der Waals surface area contributed by atoms with Gasteiger partial charge in [-0.1, -0.05) is 0 Å². The Balaban J connectivity index is 2.97. The van der Waals surface area contributed by atoms with E-state index < -0.39 is 17.6 Å². The zero-order valence-electron chi connectivity index (χ0n) is 11.3. The minimum atomic E-state index is -0.578. The first-order valence-corrected chi connectivity index (χ1v) is 6.50. The number of anilines is 1. The third kappa shape index (κ3) is 3.80. The lowest BCUT2D eigenvalue weighted by molar-refractivity contribution is -0.141. The molecule has 1 rings (SSSR count). The van der Waals surface area contributed by atoms with E-state index in [1.54, 1.807) is 6.92 Å². The molecule has 0 spiro atoms. The number of hydrogen-bond acceptors (Lipinski definition) is 6. The third-order valence-electron chi connectivity index (χ3n) is 2.50. The Bertz CT molecular complexity index is 572. The molecular weight excluding hydrogens is 332 g/mol. The van der Waals surface area contributed by atoms with Gasteiger partial charge < -0.3 is 15.4 Å². The Morgan fingerprint density at radius 3 is 2.75 bits per heavy atom. The second kappa shape index (κ2) is 7.04. The predicted octanol–water partition coefficient (Wildman–Crippen LogP) is -0.275. The van der Waals surface area contributed by atoms with Crippen LogP contribution >= 0.6 is 15.9 Å². The maximum absolute atomic E-state index is 12.0. The molecule has 0 aromatic carbocycles. The maximum Gasteiger partial charge on any atom is 0.327 e. The van der Waals surface area contributed by atoms with E-state index in [0.717, 1.165) is 4.68 Å². The highest BCUT2D eigenvalue weighted by Crippen LogP contribution is 2.17. The van der Waals surface area contributed by atoms with E-state index in [9.17, 15) is 14.4 Å². The van der Waals surface area contributed by atoms with Gasteiger partial charge in [0, 0.05) is 7.05 Å². The summed E-state index contributed by atoms with van der Waals surface area (Å²) in [5, 5.41) is 9.17. The van der Waals surface area contributed by atoms with Crippen LogP contribution in [-0.2, 0) is 20.9 Å². The molecule has 0 aliphatic heterocycles. The number of likely N-dealkylation sites (N-methyl/N-ethyl adjacent to an activating group) is 1. The van der Waals surface area contributed by atoms with Crippen LogP contribution in [0.3, 0.4) is 0 Å². The Morgan fingerprint density at radius 1 is 1.55 bits per heavy atom. The lowest BCUT2D eigenvalue weighted by atomic mass is 10.3. The first-order chi connectivity index (χ1) is 9.40. The molecule has 0 radical (unpaired) electrons. The Labute approximate surface area is 123 Å². The van der Waals surface area contributed by atoms with Gasteiger partial charge in [0.25, 0.3) is 5.56 Å². The average molecular weight is 347 g/mol. The predicted molar refractivity (Wildman–Crippen MR) is 75.4 cm³/mol. The van der Waals surface area contributed by atoms with E-state index >= 15 is 0 Å². The molecule has 1 atom stereocenters. The van der Waals surface area contributed by atoms with Gasteiger partial charge in [0.05, 0.1) is 19.0 Å². The van der Waals surface area contributed by atoms with Gasteiger partial charge >= 0.3 is 5.97 Å². The molecule has 0 aliphatic rings. The van der Waals surface area contributed by atoms with E-state index in [1.165, 1.54) is 20.4 Å². The number of carbonyl (C=O) groups is 2. The zero-order chi connectivity index (χ0) is 15.3. The van der Waals surface area contributed by atoms with E-state index in [-0.39, 0.29) is 16.9 Å². The summed E-state index contributed by atoms with van der Waals surface area (Å²) in [5.41, 5.74) is -0.128. The van der Waals surface area contributed by atoms with Crippen LogP contribution in [0, 0.1) is 0 Å². The van der Waals surface area contributed by atoms with Crippen molar-refractivity contribution in [3.63, 3.8) is 0 Å². The molecule has 0 aliphatic carbocycles. The molecule has 20 heavy (non-hydrogen) atoms. The van der Waals surface area contributed by atoms with E-state index in [4.69, 9.17) is 0 Å². The summed E-state index contributed by atoms with van der Waals surface area (Å²) in [4.78, 5) is 34.5. The molecule has 2 N–H and O–H groups in total. The molecule has 0 fully saturated rings. The van der Waals surface area contributed by atoms with Crippen LogP contribution in [0.15, 0.2) is 15.5 Å². The number of amides is 1. The number of halogens is 1. The Hall–Kier alpha value is -1.90. The van der Waals surface area contributed by atoms with Gasteiger partial charge in [-0.15, -0.1) is 0 Å². The molecule has 0 bridgehead atoms. The van der Waals surface area contributed by atoms with Crippen molar-refractivity contribution in [1.82, 2.24) is 15.1 Å². The topological polar surface area (TPSA) is 102 Å². The van der Waals surface area contributed by atoms with Gasteiger partial charge in [-0.25, -0.2) is 4.68 Å². The normalized spacial score (nSPS) is 11.6. The van der Waals surface area contributed by atoms with Crippen LogP contribution in [0.25, 0.3) is 0 Å². The minimum absolute atomic E-state index is 0.187. The smallest absolute Gasteiger partial charge is 0.327 e. The first-order valence-electron chi connectivity index (χ1n) is 5.71. The van der Waals surface area contributed by atoms with Crippen molar-refractivity contribution in [3.8, 4) is 0 Å². The number of nitrogens with zero attached hydrogens (tertiary/aromatic N) is 2. The second-order valence-corrected chi connectivity index (χ2v) is 4.68. The second-order valence-electron chi connectivity index (χ2n) is 3.89. The minimum Gasteiger partial charge on any atom is -0.468 e. The zero-order valence-corrected chi connectivity index (χ0v) is 12.9. The summed E-state index contributed by atoms with van der Waals surface area (Å²) in [6.45, 7) is 1.37. The van der Waals surface area contributed by atoms with Crippen LogP contribution in [0.4, 0.5) is 5.69 Å². The summed E-state index contributed by atoms with van der Waals surface area (Å²) in [6, 6.07) is -0.533. The van der Waals surface area contributed by atoms with Crippen LogP contribution in [0.1, 0.15) is 6.92 Å². The van der Waals surface area contributed by atoms with Crippen molar-refractivity contribution in [3.05, 3.63) is 21.0 Å². The molecule has 0 saturated carbocycles. The van der Waals surface area contributed by atoms with Gasteiger partial charge in [-0.05, 0) is 22.9 Å². The van der Waals surface area contributed by atoms with Gasteiger partial charge in [-0.2, -0.15) is 5.10 Å². The number of methoxy groups -OCH3 is 1. The molecule has 110 valence electrons. The number of rotatable bonds is 5. The number of nitrogens with one attached hydrogen (secondary N) is 2. The van der Waals surface area contributed by atoms with Crippen LogP contribution < -0.4 is 16.2 Å². The molecule has 1 heterocycles. The van der Waals surface area contributed by atoms with Crippen LogP contribution in [0.5, 0.6) is 0 Å². The van der Waals surface area contributed by atoms with E-state index in [2.05, 4.69) is 36.4 Å². The van der Waals surface area contributed by atoms with Crippen molar-refractivity contribution in [2.75, 3.05) is 19.5 Å². The monoisotopic (exact) mass is 346 g/mol. The van der Waals surface area contributed by atoms with Gasteiger partial charge in [0.2, 0.25) is 5.91 Å². The standard InChI is InChI=1S/C11H15BrN4O4/c1-6(10(18)13-2)15-7-4-14-16(5-8(17)20-3)11(19)9(7)12/h4,6,15H,5H2,1-3H3,(H,13,18).